The smallest absolute Gasteiger partial charge is 0.276 e. The molecule has 1 aromatic rings. The number of nitrogens with zero attached hydrogens (tertiary/aromatic N) is 2. The lowest BCUT2D eigenvalue weighted by atomic mass is 10.1. The third-order valence-corrected chi connectivity index (χ3v) is 4.40. The van der Waals surface area contributed by atoms with E-state index in [0.29, 0.717) is 20.1 Å². The fourth-order valence-corrected chi connectivity index (χ4v) is 2.69. The molecule has 0 spiro atoms. The molecule has 1 saturated heterocycles. The number of hydrogen-bond donors (Lipinski definition) is 1. The van der Waals surface area contributed by atoms with E-state index in [2.05, 4.69) is 0 Å². The summed E-state index contributed by atoms with van der Waals surface area (Å²) < 4.78 is 5.76. The van der Waals surface area contributed by atoms with Gasteiger partial charge in [0.1, 0.15) is 5.70 Å². The Bertz CT molecular complexity index is 630. The highest BCUT2D eigenvalue weighted by atomic mass is 127. The molecule has 0 radical (unpaired) electrons. The molecule has 0 unspecified atom stereocenters. The number of carbonyl (C=O) groups excluding carboxylic acids is 1. The SMILES string of the molecule is COc1cc(/C=C2/C(=O)N(C)C(=S)N2C)cc(I)c1O. The minimum Gasteiger partial charge on any atom is -0.504 e. The predicted molar refractivity (Wildman–Crippen MR) is 88.5 cm³/mol. The number of likely N-dealkylation sites (N-methyl/N-ethyl adjacent to an activating group) is 2. The molecule has 2 rings (SSSR count). The van der Waals surface area contributed by atoms with Crippen molar-refractivity contribution in [2.75, 3.05) is 21.2 Å². The molecule has 1 fully saturated rings. The van der Waals surface area contributed by atoms with Crippen LogP contribution < -0.4 is 4.74 Å². The molecular weight excluding hydrogens is 391 g/mol. The largest absolute Gasteiger partial charge is 0.504 e. The summed E-state index contributed by atoms with van der Waals surface area (Å²) in [5.41, 5.74) is 1.25. The Morgan fingerprint density at radius 3 is 2.50 bits per heavy atom. The maximum atomic E-state index is 12.1. The molecule has 1 aromatic carbocycles. The van der Waals surface area contributed by atoms with Crippen LogP contribution in [-0.4, -0.2) is 47.1 Å². The molecule has 0 bridgehead atoms. The number of aromatic hydroxyl groups is 1. The highest BCUT2D eigenvalue weighted by Gasteiger charge is 2.32. The third kappa shape index (κ3) is 2.47. The van der Waals surface area contributed by atoms with Crippen molar-refractivity contribution in [2.45, 2.75) is 0 Å². The summed E-state index contributed by atoms with van der Waals surface area (Å²) in [4.78, 5) is 15.2. The second kappa shape index (κ2) is 5.57. The van der Waals surface area contributed by atoms with Gasteiger partial charge in [0.2, 0.25) is 0 Å². The van der Waals surface area contributed by atoms with Crippen molar-refractivity contribution in [3.05, 3.63) is 27.0 Å². The van der Waals surface area contributed by atoms with Crippen LogP contribution in [0.3, 0.4) is 0 Å². The lowest BCUT2D eigenvalue weighted by molar-refractivity contribution is -0.121. The Labute approximate surface area is 136 Å². The molecule has 0 aliphatic carbocycles. The first-order valence-corrected chi connectivity index (χ1v) is 7.19. The number of hydrogen-bond acceptors (Lipinski definition) is 4. The van der Waals surface area contributed by atoms with E-state index >= 15 is 0 Å². The van der Waals surface area contributed by atoms with E-state index in [9.17, 15) is 9.90 Å². The monoisotopic (exact) mass is 404 g/mol. The lowest BCUT2D eigenvalue weighted by Gasteiger charge is -2.11. The normalized spacial score (nSPS) is 17.3. The van der Waals surface area contributed by atoms with Crippen LogP contribution in [0.5, 0.6) is 11.5 Å². The zero-order valence-electron chi connectivity index (χ0n) is 11.2. The van der Waals surface area contributed by atoms with Crippen molar-refractivity contribution in [2.24, 2.45) is 0 Å². The van der Waals surface area contributed by atoms with Gasteiger partial charge in [-0.25, -0.2) is 0 Å². The van der Waals surface area contributed by atoms with E-state index < -0.39 is 0 Å². The highest BCUT2D eigenvalue weighted by Crippen LogP contribution is 2.33. The van der Waals surface area contributed by atoms with Crippen LogP contribution in [0.2, 0.25) is 0 Å². The number of amides is 1. The van der Waals surface area contributed by atoms with Crippen molar-refractivity contribution in [1.82, 2.24) is 9.80 Å². The average Bonchev–Trinajstić information content (AvgIpc) is 2.60. The molecule has 7 heteroatoms. The fraction of sp³-hybridized carbons (Fsp3) is 0.231. The summed E-state index contributed by atoms with van der Waals surface area (Å²) in [7, 11) is 4.87. The summed E-state index contributed by atoms with van der Waals surface area (Å²) in [6.07, 6.45) is 1.72. The number of ether oxygens (including phenoxy) is 1. The molecule has 5 nitrogen and oxygen atoms in total. The van der Waals surface area contributed by atoms with Gasteiger partial charge in [-0.2, -0.15) is 0 Å². The molecule has 1 aliphatic heterocycles. The first-order valence-electron chi connectivity index (χ1n) is 5.70. The molecule has 1 amide bonds. The molecule has 0 saturated carbocycles. The number of halogens is 1. The van der Waals surface area contributed by atoms with Gasteiger partial charge < -0.3 is 14.7 Å². The first kappa shape index (κ1) is 15.0. The molecule has 1 heterocycles. The number of thiocarbonyl (C=S) groups is 1. The molecule has 106 valence electrons. The van der Waals surface area contributed by atoms with E-state index in [1.165, 1.54) is 12.0 Å². The highest BCUT2D eigenvalue weighted by molar-refractivity contribution is 14.1. The summed E-state index contributed by atoms with van der Waals surface area (Å²) in [5.74, 6) is 0.307. The number of rotatable bonds is 2. The van der Waals surface area contributed by atoms with Crippen LogP contribution in [0.25, 0.3) is 6.08 Å². The Kier molecular flexibility index (Phi) is 4.19. The second-order valence-corrected chi connectivity index (χ2v) is 5.82. The topological polar surface area (TPSA) is 53.0 Å². The van der Waals surface area contributed by atoms with Crippen LogP contribution >= 0.6 is 34.8 Å². The second-order valence-electron chi connectivity index (χ2n) is 4.29. The lowest BCUT2D eigenvalue weighted by Crippen LogP contribution is -2.26. The maximum Gasteiger partial charge on any atom is 0.276 e. The number of carbonyl (C=O) groups is 1. The Morgan fingerprint density at radius 1 is 1.35 bits per heavy atom. The fourth-order valence-electron chi connectivity index (χ4n) is 1.88. The minimum absolute atomic E-state index is 0.0917. The van der Waals surface area contributed by atoms with Crippen molar-refractivity contribution in [3.8, 4) is 11.5 Å². The van der Waals surface area contributed by atoms with Crippen LogP contribution in [0.4, 0.5) is 0 Å². The molecule has 0 aromatic heterocycles. The quantitative estimate of drug-likeness (QED) is 0.465. The molecular formula is C13H13IN2O3S. The zero-order chi connectivity index (χ0) is 15.0. The van der Waals surface area contributed by atoms with E-state index in [-0.39, 0.29) is 11.7 Å². The van der Waals surface area contributed by atoms with Gasteiger partial charge in [-0.15, -0.1) is 0 Å². The number of methoxy groups -OCH3 is 1. The Morgan fingerprint density at radius 2 is 2.00 bits per heavy atom. The summed E-state index contributed by atoms with van der Waals surface area (Å²) in [5, 5.41) is 10.3. The number of benzene rings is 1. The summed E-state index contributed by atoms with van der Waals surface area (Å²) in [6.45, 7) is 0. The van der Waals surface area contributed by atoms with Crippen LogP contribution in [0.15, 0.2) is 17.8 Å². The maximum absolute atomic E-state index is 12.1. The number of phenolic OH excluding ortho intramolecular Hbond substituents is 1. The molecule has 1 N–H and O–H groups in total. The van der Waals surface area contributed by atoms with Gasteiger partial charge in [-0.1, -0.05) is 0 Å². The van der Waals surface area contributed by atoms with Crippen LogP contribution in [0, 0.1) is 3.57 Å². The van der Waals surface area contributed by atoms with Gasteiger partial charge in [0.15, 0.2) is 16.6 Å². The van der Waals surface area contributed by atoms with E-state index in [1.54, 1.807) is 37.2 Å². The Hall–Kier alpha value is -1.35. The van der Waals surface area contributed by atoms with Gasteiger partial charge in [0.05, 0.1) is 10.7 Å². The van der Waals surface area contributed by atoms with Crippen molar-refractivity contribution in [1.29, 1.82) is 0 Å². The van der Waals surface area contributed by atoms with E-state index in [0.717, 1.165) is 5.56 Å². The van der Waals surface area contributed by atoms with Gasteiger partial charge in [0, 0.05) is 14.1 Å². The number of phenols is 1. The van der Waals surface area contributed by atoms with E-state index in [1.807, 2.05) is 22.6 Å². The standard InChI is InChI=1S/C13H13IN2O3S/c1-15-9(12(18)16(2)13(15)20)5-7-4-8(14)11(17)10(6-7)19-3/h4-6,17H,1-3H3/b9-5-. The Balaban J connectivity index is 2.48. The third-order valence-electron chi connectivity index (χ3n) is 3.03. The van der Waals surface area contributed by atoms with Crippen LogP contribution in [0.1, 0.15) is 5.56 Å². The first-order chi connectivity index (χ1) is 9.36. The average molecular weight is 404 g/mol. The van der Waals surface area contributed by atoms with Crippen LogP contribution in [-0.2, 0) is 4.79 Å². The predicted octanol–water partition coefficient (Wildman–Crippen LogP) is 2.04. The van der Waals surface area contributed by atoms with Crippen molar-refractivity contribution < 1.29 is 14.6 Å². The van der Waals surface area contributed by atoms with Gasteiger partial charge in [0.25, 0.3) is 5.91 Å². The van der Waals surface area contributed by atoms with E-state index in [4.69, 9.17) is 17.0 Å². The zero-order valence-corrected chi connectivity index (χ0v) is 14.2. The van der Waals surface area contributed by atoms with Gasteiger partial charge in [-0.05, 0) is 58.6 Å². The molecule has 20 heavy (non-hydrogen) atoms. The summed E-state index contributed by atoms with van der Waals surface area (Å²) in [6, 6.07) is 3.45. The van der Waals surface area contributed by atoms with Crippen molar-refractivity contribution >= 4 is 51.9 Å². The molecule has 1 aliphatic rings. The van der Waals surface area contributed by atoms with Gasteiger partial charge >= 0.3 is 0 Å². The molecule has 0 atom stereocenters. The summed E-state index contributed by atoms with van der Waals surface area (Å²) >= 11 is 7.16. The van der Waals surface area contributed by atoms with Crippen molar-refractivity contribution in [3.63, 3.8) is 0 Å². The minimum atomic E-state index is -0.153. The van der Waals surface area contributed by atoms with Gasteiger partial charge in [-0.3, -0.25) is 9.69 Å².